The predicted octanol–water partition coefficient (Wildman–Crippen LogP) is 4.77. The Morgan fingerprint density at radius 2 is 1.89 bits per heavy atom. The number of rotatable bonds is 5. The van der Waals surface area contributed by atoms with E-state index in [-0.39, 0.29) is 11.9 Å². The first-order chi connectivity index (χ1) is 12.8. The number of hydrogen-bond acceptors (Lipinski definition) is 4. The molecule has 0 aliphatic carbocycles. The largest absolute Gasteiger partial charge is 0.493 e. The zero-order valence-corrected chi connectivity index (χ0v) is 16.7. The molecule has 6 heteroatoms. The molecule has 0 saturated heterocycles. The van der Waals surface area contributed by atoms with E-state index < -0.39 is 5.60 Å². The second-order valence-electron chi connectivity index (χ2n) is 7.02. The highest BCUT2D eigenvalue weighted by atomic mass is 35.5. The van der Waals surface area contributed by atoms with Crippen molar-refractivity contribution in [3.05, 3.63) is 58.6 Å². The van der Waals surface area contributed by atoms with Crippen molar-refractivity contribution >= 4 is 23.7 Å². The molecule has 0 saturated carbocycles. The molecule has 2 aromatic rings. The second-order valence-corrected chi connectivity index (χ2v) is 7.45. The topological polar surface area (TPSA) is 51.1 Å². The maximum atomic E-state index is 13.2. The van der Waals surface area contributed by atoms with Crippen molar-refractivity contribution in [3.63, 3.8) is 0 Å². The van der Waals surface area contributed by atoms with Crippen molar-refractivity contribution in [1.29, 1.82) is 0 Å². The molecule has 2 aromatic carbocycles. The van der Waals surface area contributed by atoms with Crippen LogP contribution in [0, 0.1) is 6.92 Å². The molecule has 0 N–H and O–H groups in total. The number of hydrazone groups is 1. The van der Waals surface area contributed by atoms with Crippen molar-refractivity contribution in [3.8, 4) is 11.5 Å². The normalized spacial score (nSPS) is 16.5. The molecule has 5 nitrogen and oxygen atoms in total. The van der Waals surface area contributed by atoms with Gasteiger partial charge in [0.25, 0.3) is 5.91 Å². The van der Waals surface area contributed by atoms with Crippen LogP contribution < -0.4 is 9.47 Å². The van der Waals surface area contributed by atoms with Crippen LogP contribution in [0.4, 0.5) is 0 Å². The van der Waals surface area contributed by atoms with E-state index in [1.165, 1.54) is 17.7 Å². The van der Waals surface area contributed by atoms with Crippen LogP contribution in [0.25, 0.3) is 0 Å². The van der Waals surface area contributed by atoms with Crippen LogP contribution in [0.2, 0.25) is 5.02 Å². The molecule has 0 fully saturated rings. The molecule has 1 aliphatic heterocycles. The molecule has 142 valence electrons. The van der Waals surface area contributed by atoms with Crippen LogP contribution in [0.15, 0.2) is 47.6 Å². The molecule has 1 heterocycles. The second kappa shape index (κ2) is 7.61. The minimum atomic E-state index is -1.13. The van der Waals surface area contributed by atoms with Crippen LogP contribution >= 0.6 is 11.6 Å². The summed E-state index contributed by atoms with van der Waals surface area (Å²) >= 11 is 6.00. The lowest BCUT2D eigenvalue weighted by molar-refractivity contribution is -0.147. The summed E-state index contributed by atoms with van der Waals surface area (Å²) in [7, 11) is 1.53. The van der Waals surface area contributed by atoms with Crippen LogP contribution in [-0.4, -0.2) is 29.8 Å². The summed E-state index contributed by atoms with van der Waals surface area (Å²) in [5.41, 5.74) is 1.09. The predicted molar refractivity (Wildman–Crippen MR) is 107 cm³/mol. The Labute approximate surface area is 164 Å². The van der Waals surface area contributed by atoms with E-state index >= 15 is 0 Å². The third-order valence-corrected chi connectivity index (χ3v) is 4.74. The number of hydrogen-bond donors (Lipinski definition) is 0. The fraction of sp³-hybridized carbons (Fsp3) is 0.333. The van der Waals surface area contributed by atoms with Gasteiger partial charge in [0.1, 0.15) is 0 Å². The van der Waals surface area contributed by atoms with Crippen LogP contribution in [0.1, 0.15) is 37.4 Å². The molecule has 3 rings (SSSR count). The summed E-state index contributed by atoms with van der Waals surface area (Å²) in [6.07, 6.45) is 2.44. The van der Waals surface area contributed by atoms with E-state index in [2.05, 4.69) is 5.10 Å². The van der Waals surface area contributed by atoms with Crippen LogP contribution in [0.3, 0.4) is 0 Å². The third-order valence-electron chi connectivity index (χ3n) is 4.51. The maximum Gasteiger partial charge on any atom is 0.286 e. The number of methoxy groups -OCH3 is 1. The van der Waals surface area contributed by atoms with Crippen LogP contribution in [-0.2, 0) is 4.79 Å². The molecule has 0 bridgehead atoms. The molecule has 0 radical (unpaired) electrons. The van der Waals surface area contributed by atoms with Crippen molar-refractivity contribution in [2.45, 2.75) is 38.8 Å². The number of carbonyl (C=O) groups is 1. The number of amides is 1. The molecule has 0 spiro atoms. The maximum absolute atomic E-state index is 13.2. The van der Waals surface area contributed by atoms with Gasteiger partial charge in [-0.25, -0.2) is 5.01 Å². The number of carbonyl (C=O) groups excluding carboxylic acids is 1. The summed E-state index contributed by atoms with van der Waals surface area (Å²) in [5, 5.41) is 6.35. The summed E-state index contributed by atoms with van der Waals surface area (Å²) in [6.45, 7) is 5.49. The van der Waals surface area contributed by atoms with Gasteiger partial charge in [0.2, 0.25) is 0 Å². The molecule has 27 heavy (non-hydrogen) atoms. The Morgan fingerprint density at radius 1 is 1.19 bits per heavy atom. The van der Waals surface area contributed by atoms with Gasteiger partial charge in [-0.3, -0.25) is 4.79 Å². The fourth-order valence-electron chi connectivity index (χ4n) is 3.00. The fourth-order valence-corrected chi connectivity index (χ4v) is 3.16. The lowest BCUT2D eigenvalue weighted by Gasteiger charge is -2.32. The highest BCUT2D eigenvalue weighted by molar-refractivity contribution is 6.30. The first-order valence-corrected chi connectivity index (χ1v) is 9.15. The Morgan fingerprint density at radius 3 is 2.56 bits per heavy atom. The zero-order valence-electron chi connectivity index (χ0n) is 15.9. The molecular formula is C21H23ClN2O3. The van der Waals surface area contributed by atoms with Gasteiger partial charge in [0, 0.05) is 23.7 Å². The van der Waals surface area contributed by atoms with Crippen molar-refractivity contribution in [1.82, 2.24) is 5.01 Å². The molecule has 1 amide bonds. The first kappa shape index (κ1) is 19.2. The standard InChI is InChI=1S/C21H23ClN2O3/c1-14-5-7-15(8-6-14)17-11-12-23-24(17)20(25)21(2,3)27-18-10-9-16(22)13-19(18)26-4/h5-10,12-13,17H,11H2,1-4H3. The SMILES string of the molecule is COc1cc(Cl)ccc1OC(C)(C)C(=O)N1N=CCC1c1ccc(C)cc1. The van der Waals surface area contributed by atoms with Gasteiger partial charge < -0.3 is 9.47 Å². The first-order valence-electron chi connectivity index (χ1n) is 8.77. The quantitative estimate of drug-likeness (QED) is 0.743. The lowest BCUT2D eigenvalue weighted by Crippen LogP contribution is -2.47. The van der Waals surface area contributed by atoms with E-state index in [9.17, 15) is 4.79 Å². The Kier molecular flexibility index (Phi) is 5.42. The van der Waals surface area contributed by atoms with Gasteiger partial charge in [-0.2, -0.15) is 5.10 Å². The zero-order chi connectivity index (χ0) is 19.6. The summed E-state index contributed by atoms with van der Waals surface area (Å²) < 4.78 is 11.3. The lowest BCUT2D eigenvalue weighted by atomic mass is 10.0. The Balaban J connectivity index is 1.82. The van der Waals surface area contributed by atoms with E-state index in [4.69, 9.17) is 21.1 Å². The molecule has 0 aromatic heterocycles. The van der Waals surface area contributed by atoms with E-state index in [1.807, 2.05) is 31.2 Å². The third kappa shape index (κ3) is 4.08. The van der Waals surface area contributed by atoms with Gasteiger partial charge in [0.05, 0.1) is 13.2 Å². The van der Waals surface area contributed by atoms with Gasteiger partial charge in [0.15, 0.2) is 17.1 Å². The van der Waals surface area contributed by atoms with E-state index in [0.717, 1.165) is 5.56 Å². The summed E-state index contributed by atoms with van der Waals surface area (Å²) in [4.78, 5) is 13.2. The average molecular weight is 387 g/mol. The van der Waals surface area contributed by atoms with E-state index in [1.54, 1.807) is 38.3 Å². The molecule has 1 atom stereocenters. The van der Waals surface area contributed by atoms with Crippen molar-refractivity contribution < 1.29 is 14.3 Å². The van der Waals surface area contributed by atoms with Crippen LogP contribution in [0.5, 0.6) is 11.5 Å². The van der Waals surface area contributed by atoms with Crippen molar-refractivity contribution in [2.75, 3.05) is 7.11 Å². The highest BCUT2D eigenvalue weighted by Crippen LogP contribution is 2.35. The number of ether oxygens (including phenoxy) is 2. The average Bonchev–Trinajstić information content (AvgIpc) is 3.12. The Hall–Kier alpha value is -2.53. The minimum absolute atomic E-state index is 0.131. The molecule has 1 unspecified atom stereocenters. The number of halogens is 1. The van der Waals surface area contributed by atoms with Crippen molar-refractivity contribution in [2.24, 2.45) is 5.10 Å². The summed E-state index contributed by atoms with van der Waals surface area (Å²) in [6, 6.07) is 13.1. The molecule has 1 aliphatic rings. The monoisotopic (exact) mass is 386 g/mol. The highest BCUT2D eigenvalue weighted by Gasteiger charge is 2.40. The number of nitrogens with zero attached hydrogens (tertiary/aromatic N) is 2. The molecular weight excluding hydrogens is 364 g/mol. The number of aryl methyl sites for hydroxylation is 1. The van der Waals surface area contributed by atoms with Gasteiger partial charge in [-0.05, 0) is 38.5 Å². The van der Waals surface area contributed by atoms with Gasteiger partial charge in [-0.1, -0.05) is 41.4 Å². The smallest absolute Gasteiger partial charge is 0.286 e. The summed E-state index contributed by atoms with van der Waals surface area (Å²) in [5.74, 6) is 0.706. The van der Waals surface area contributed by atoms with Gasteiger partial charge >= 0.3 is 0 Å². The number of benzene rings is 2. The van der Waals surface area contributed by atoms with E-state index in [0.29, 0.717) is 22.9 Å². The van der Waals surface area contributed by atoms with Gasteiger partial charge in [-0.15, -0.1) is 0 Å². The minimum Gasteiger partial charge on any atom is -0.493 e. The Bertz CT molecular complexity index is 862.